The lowest BCUT2D eigenvalue weighted by molar-refractivity contribution is 0.770. The second-order valence-corrected chi connectivity index (χ2v) is 16.9. The minimum Gasteiger partial charge on any atom is -0.291 e. The Balaban J connectivity index is 1.06. The monoisotopic (exact) mass is 766 g/mol. The van der Waals surface area contributed by atoms with Gasteiger partial charge in [0.2, 0.25) is 0 Å². The highest BCUT2D eigenvalue weighted by atomic mass is 32.1. The van der Waals surface area contributed by atoms with Gasteiger partial charge in [-0.25, -0.2) is 4.98 Å². The summed E-state index contributed by atoms with van der Waals surface area (Å²) < 4.78 is 4.90. The molecule has 274 valence electrons. The van der Waals surface area contributed by atoms with Crippen LogP contribution in [0.4, 0.5) is 0 Å². The number of aromatic nitrogens is 2. The van der Waals surface area contributed by atoms with Crippen LogP contribution in [0, 0.1) is 0 Å². The molecule has 0 atom stereocenters. The van der Waals surface area contributed by atoms with E-state index in [-0.39, 0.29) is 0 Å². The summed E-state index contributed by atoms with van der Waals surface area (Å²) in [6.07, 6.45) is 0. The number of rotatable bonds is 4. The molecule has 9 aromatic carbocycles. The predicted octanol–water partition coefficient (Wildman–Crippen LogP) is 14.9. The van der Waals surface area contributed by atoms with Crippen LogP contribution in [0.5, 0.6) is 0 Å². The third-order valence-corrected chi connectivity index (χ3v) is 14.0. The standard InChI is InChI=1S/C56H34N2S/c1-3-16-40(17-4-1)56(41-18-5-2-6-19-41)48-24-11-9-20-43(48)45-23-13-22-42(52(45)56)35-26-28-36(29-27-35)50-34-47-44-21-10-12-25-51(44)59-54(47)55-57-53-46-33-38-15-8-7-14-37(38)32-39(46)30-31-49(53)58(50)55/h1-34H. The van der Waals surface area contributed by atoms with E-state index >= 15 is 0 Å². The molecule has 0 fully saturated rings. The fourth-order valence-corrected chi connectivity index (χ4v) is 11.5. The van der Waals surface area contributed by atoms with E-state index in [9.17, 15) is 0 Å². The third-order valence-electron chi connectivity index (χ3n) is 12.8. The number of fused-ring (bicyclic) bond motifs is 13. The maximum atomic E-state index is 5.53. The second kappa shape index (κ2) is 12.3. The summed E-state index contributed by atoms with van der Waals surface area (Å²) in [5.74, 6) is 0. The zero-order valence-corrected chi connectivity index (χ0v) is 32.7. The molecule has 12 aromatic rings. The molecule has 59 heavy (non-hydrogen) atoms. The fraction of sp³-hybridized carbons (Fsp3) is 0.0179. The van der Waals surface area contributed by atoms with Gasteiger partial charge < -0.3 is 0 Å². The maximum absolute atomic E-state index is 5.53. The van der Waals surface area contributed by atoms with E-state index in [1.165, 1.54) is 86.2 Å². The summed E-state index contributed by atoms with van der Waals surface area (Å²) in [6.45, 7) is 0. The van der Waals surface area contributed by atoms with Crippen LogP contribution < -0.4 is 0 Å². The van der Waals surface area contributed by atoms with Crippen LogP contribution in [0.1, 0.15) is 22.3 Å². The highest BCUT2D eigenvalue weighted by Crippen LogP contribution is 2.58. The van der Waals surface area contributed by atoms with E-state index in [0.29, 0.717) is 0 Å². The molecule has 0 aliphatic heterocycles. The Morgan fingerprint density at radius 3 is 1.88 bits per heavy atom. The number of hydrogen-bond donors (Lipinski definition) is 0. The first-order valence-corrected chi connectivity index (χ1v) is 21.1. The average molecular weight is 767 g/mol. The second-order valence-electron chi connectivity index (χ2n) is 15.8. The molecule has 2 nitrogen and oxygen atoms in total. The van der Waals surface area contributed by atoms with Crippen LogP contribution in [0.15, 0.2) is 206 Å². The average Bonchev–Trinajstić information content (AvgIpc) is 3.98. The van der Waals surface area contributed by atoms with Gasteiger partial charge in [-0.05, 0) is 96.6 Å². The van der Waals surface area contributed by atoms with Crippen molar-refractivity contribution < 1.29 is 0 Å². The number of pyridine rings is 1. The molecule has 0 N–H and O–H groups in total. The van der Waals surface area contributed by atoms with Crippen molar-refractivity contribution in [2.24, 2.45) is 0 Å². The first-order valence-electron chi connectivity index (χ1n) is 20.3. The van der Waals surface area contributed by atoms with Crippen molar-refractivity contribution in [2.45, 2.75) is 5.41 Å². The van der Waals surface area contributed by atoms with E-state index in [0.717, 1.165) is 27.9 Å². The lowest BCUT2D eigenvalue weighted by Gasteiger charge is -2.35. The van der Waals surface area contributed by atoms with Crippen LogP contribution in [0.3, 0.4) is 0 Å². The van der Waals surface area contributed by atoms with Crippen molar-refractivity contribution in [3.63, 3.8) is 0 Å². The van der Waals surface area contributed by atoms with Gasteiger partial charge in [-0.3, -0.25) is 4.40 Å². The summed E-state index contributed by atoms with van der Waals surface area (Å²) in [6, 6.07) is 76.2. The van der Waals surface area contributed by atoms with Gasteiger partial charge in [-0.15, -0.1) is 11.3 Å². The van der Waals surface area contributed by atoms with Crippen LogP contribution >= 0.6 is 11.3 Å². The van der Waals surface area contributed by atoms with E-state index in [4.69, 9.17) is 4.98 Å². The molecule has 13 rings (SSSR count). The molecule has 0 saturated heterocycles. The minimum absolute atomic E-state index is 0.481. The van der Waals surface area contributed by atoms with Crippen LogP contribution in [0.2, 0.25) is 0 Å². The number of imidazole rings is 1. The Kier molecular flexibility index (Phi) is 6.84. The van der Waals surface area contributed by atoms with E-state index in [2.05, 4.69) is 211 Å². The van der Waals surface area contributed by atoms with Crippen LogP contribution in [-0.2, 0) is 5.41 Å². The first-order chi connectivity index (χ1) is 29.3. The summed E-state index contributed by atoms with van der Waals surface area (Å²) in [5, 5.41) is 7.38. The van der Waals surface area contributed by atoms with E-state index < -0.39 is 5.41 Å². The SMILES string of the molecule is c1ccc(C2(c3ccccc3)c3ccccc3-c3cccc(-c4ccc(-c5cc6c7ccccc7sc6c6nc7c8cc9ccccc9cc8ccc7n56)cc4)c32)cc1. The van der Waals surface area contributed by atoms with Gasteiger partial charge >= 0.3 is 0 Å². The number of benzene rings is 9. The number of nitrogens with zero attached hydrogens (tertiary/aromatic N) is 2. The van der Waals surface area contributed by atoms with Gasteiger partial charge in [0.15, 0.2) is 5.65 Å². The quantitative estimate of drug-likeness (QED) is 0.163. The molecule has 0 amide bonds. The Morgan fingerprint density at radius 2 is 1.08 bits per heavy atom. The third kappa shape index (κ3) is 4.54. The van der Waals surface area contributed by atoms with Gasteiger partial charge in [0.25, 0.3) is 0 Å². The van der Waals surface area contributed by atoms with Crippen molar-refractivity contribution in [1.82, 2.24) is 9.38 Å². The molecule has 0 radical (unpaired) electrons. The van der Waals surface area contributed by atoms with Crippen LogP contribution in [0.25, 0.3) is 91.9 Å². The Bertz CT molecular complexity index is 3610. The van der Waals surface area contributed by atoms with Gasteiger partial charge in [-0.2, -0.15) is 0 Å². The van der Waals surface area contributed by atoms with Gasteiger partial charge in [0, 0.05) is 20.9 Å². The van der Waals surface area contributed by atoms with Crippen molar-refractivity contribution in [3.8, 4) is 33.5 Å². The summed E-state index contributed by atoms with van der Waals surface area (Å²) in [7, 11) is 0. The van der Waals surface area contributed by atoms with Crippen molar-refractivity contribution >= 4 is 69.7 Å². The zero-order chi connectivity index (χ0) is 38.7. The maximum Gasteiger partial charge on any atom is 0.156 e. The largest absolute Gasteiger partial charge is 0.291 e. The molecule has 0 unspecified atom stereocenters. The molecule has 1 aliphatic rings. The molecule has 0 saturated carbocycles. The summed E-state index contributed by atoms with van der Waals surface area (Å²) >= 11 is 1.84. The first kappa shape index (κ1) is 32.7. The lowest BCUT2D eigenvalue weighted by atomic mass is 9.66. The van der Waals surface area contributed by atoms with Gasteiger partial charge in [0.05, 0.1) is 26.8 Å². The minimum atomic E-state index is -0.481. The molecule has 1 aliphatic carbocycles. The smallest absolute Gasteiger partial charge is 0.156 e. The summed E-state index contributed by atoms with van der Waals surface area (Å²) in [4.78, 5) is 5.53. The topological polar surface area (TPSA) is 17.3 Å². The molecule has 3 aromatic heterocycles. The zero-order valence-electron chi connectivity index (χ0n) is 31.9. The highest BCUT2D eigenvalue weighted by Gasteiger charge is 2.47. The van der Waals surface area contributed by atoms with E-state index in [1.807, 2.05) is 11.3 Å². The van der Waals surface area contributed by atoms with Gasteiger partial charge in [0.1, 0.15) is 0 Å². The van der Waals surface area contributed by atoms with Crippen LogP contribution in [-0.4, -0.2) is 9.38 Å². The Morgan fingerprint density at radius 1 is 0.441 bits per heavy atom. The normalized spacial score (nSPS) is 13.2. The van der Waals surface area contributed by atoms with Crippen molar-refractivity contribution in [3.05, 3.63) is 229 Å². The fourth-order valence-electron chi connectivity index (χ4n) is 10.3. The van der Waals surface area contributed by atoms with Crippen molar-refractivity contribution in [2.75, 3.05) is 0 Å². The predicted molar refractivity (Wildman–Crippen MR) is 249 cm³/mol. The number of thiophene rings is 1. The Hall–Kier alpha value is -7.33. The molecule has 3 heterocycles. The van der Waals surface area contributed by atoms with Gasteiger partial charge in [-0.1, -0.05) is 176 Å². The Labute approximate surface area is 344 Å². The van der Waals surface area contributed by atoms with Crippen molar-refractivity contribution in [1.29, 1.82) is 0 Å². The molecular formula is C56H34N2S. The molecular weight excluding hydrogens is 733 g/mol. The lowest BCUT2D eigenvalue weighted by Crippen LogP contribution is -2.29. The molecule has 0 spiro atoms. The molecule has 3 heteroatoms. The molecule has 0 bridgehead atoms. The number of hydrogen-bond acceptors (Lipinski definition) is 2. The van der Waals surface area contributed by atoms with E-state index in [1.54, 1.807) is 0 Å². The highest BCUT2D eigenvalue weighted by molar-refractivity contribution is 7.26. The summed E-state index contributed by atoms with van der Waals surface area (Å²) in [5.41, 5.74) is 15.2.